The molecule has 1 aliphatic heterocycles. The van der Waals surface area contributed by atoms with Crippen LogP contribution >= 0.6 is 0 Å². The third-order valence-corrected chi connectivity index (χ3v) is 3.83. The van der Waals surface area contributed by atoms with E-state index in [9.17, 15) is 5.11 Å². The molecule has 1 heterocycles. The van der Waals surface area contributed by atoms with E-state index in [0.29, 0.717) is 19.8 Å². The van der Waals surface area contributed by atoms with Crippen molar-refractivity contribution >= 4 is 0 Å². The van der Waals surface area contributed by atoms with E-state index in [-0.39, 0.29) is 6.10 Å². The number of β-amino-alcohol motifs (C(OH)–C–C–N with tert-alkyl or cyclic N) is 1. The van der Waals surface area contributed by atoms with Crippen LogP contribution in [0, 0.1) is 5.92 Å². The Balaban J connectivity index is 2.10. The Morgan fingerprint density at radius 1 is 1.30 bits per heavy atom. The van der Waals surface area contributed by atoms with Gasteiger partial charge in [-0.3, -0.25) is 0 Å². The molecule has 2 N–H and O–H groups in total. The van der Waals surface area contributed by atoms with Crippen LogP contribution in [0.15, 0.2) is 0 Å². The van der Waals surface area contributed by atoms with Crippen molar-refractivity contribution in [2.45, 2.75) is 38.9 Å². The summed E-state index contributed by atoms with van der Waals surface area (Å²) in [6.07, 6.45) is 2.08. The Morgan fingerprint density at radius 3 is 2.60 bits per heavy atom. The predicted molar refractivity (Wildman–Crippen MR) is 81.0 cm³/mol. The molecule has 0 saturated carbocycles. The van der Waals surface area contributed by atoms with E-state index >= 15 is 0 Å². The number of nitrogens with zero attached hydrogens (tertiary/aromatic N) is 1. The van der Waals surface area contributed by atoms with E-state index in [0.717, 1.165) is 32.1 Å². The number of methoxy groups -OCH3 is 1. The fraction of sp³-hybridized carbons (Fsp3) is 1.00. The summed E-state index contributed by atoms with van der Waals surface area (Å²) in [7, 11) is 1.66. The summed E-state index contributed by atoms with van der Waals surface area (Å²) in [4.78, 5) is 2.34. The average Bonchev–Trinajstić information content (AvgIpc) is 2.45. The molecule has 0 aromatic carbocycles. The third-order valence-electron chi connectivity index (χ3n) is 3.83. The molecule has 0 amide bonds. The van der Waals surface area contributed by atoms with Crippen molar-refractivity contribution in [3.05, 3.63) is 0 Å². The molecule has 2 atom stereocenters. The standard InChI is InChI=1S/C15H32N2O3/c1-4-16-9-14-5-7-17(8-6-14)10-15(18)12-20-13(2)11-19-3/h13-16,18H,4-12H2,1-3H3. The monoisotopic (exact) mass is 288 g/mol. The summed E-state index contributed by atoms with van der Waals surface area (Å²) in [5, 5.41) is 13.4. The lowest BCUT2D eigenvalue weighted by atomic mass is 9.96. The maximum absolute atomic E-state index is 10.0. The van der Waals surface area contributed by atoms with E-state index in [1.807, 2.05) is 6.92 Å². The molecular weight excluding hydrogens is 256 g/mol. The van der Waals surface area contributed by atoms with Gasteiger partial charge in [0, 0.05) is 13.7 Å². The van der Waals surface area contributed by atoms with Gasteiger partial charge in [-0.15, -0.1) is 0 Å². The van der Waals surface area contributed by atoms with Crippen LogP contribution in [-0.4, -0.2) is 75.3 Å². The summed E-state index contributed by atoms with van der Waals surface area (Å²) in [5.74, 6) is 0.793. The smallest absolute Gasteiger partial charge is 0.0900 e. The maximum atomic E-state index is 10.0. The number of likely N-dealkylation sites (tertiary alicyclic amines) is 1. The van der Waals surface area contributed by atoms with Gasteiger partial charge in [-0.25, -0.2) is 0 Å². The molecule has 0 radical (unpaired) electrons. The van der Waals surface area contributed by atoms with Gasteiger partial charge in [0.15, 0.2) is 0 Å². The fourth-order valence-corrected chi connectivity index (χ4v) is 2.63. The molecule has 0 aromatic heterocycles. The number of piperidine rings is 1. The van der Waals surface area contributed by atoms with Gasteiger partial charge in [0.2, 0.25) is 0 Å². The molecule has 2 unspecified atom stereocenters. The Hall–Kier alpha value is -0.200. The molecule has 120 valence electrons. The minimum Gasteiger partial charge on any atom is -0.389 e. The molecule has 1 aliphatic rings. The quantitative estimate of drug-likeness (QED) is 0.620. The number of rotatable bonds is 10. The normalized spacial score (nSPS) is 21.0. The molecule has 1 fully saturated rings. The number of hydrogen-bond donors (Lipinski definition) is 2. The van der Waals surface area contributed by atoms with Crippen LogP contribution in [0.1, 0.15) is 26.7 Å². The van der Waals surface area contributed by atoms with Gasteiger partial charge in [0.1, 0.15) is 0 Å². The van der Waals surface area contributed by atoms with Crippen molar-refractivity contribution in [2.75, 3.05) is 53.0 Å². The van der Waals surface area contributed by atoms with Crippen LogP contribution in [0.25, 0.3) is 0 Å². The highest BCUT2D eigenvalue weighted by Crippen LogP contribution is 2.16. The highest BCUT2D eigenvalue weighted by molar-refractivity contribution is 4.75. The van der Waals surface area contributed by atoms with E-state index in [1.54, 1.807) is 7.11 Å². The number of ether oxygens (including phenoxy) is 2. The minimum absolute atomic E-state index is 0.0421. The molecular formula is C15H32N2O3. The Labute approximate surface area is 123 Å². The van der Waals surface area contributed by atoms with E-state index in [2.05, 4.69) is 17.1 Å². The second-order valence-corrected chi connectivity index (χ2v) is 5.80. The zero-order valence-corrected chi connectivity index (χ0v) is 13.3. The van der Waals surface area contributed by atoms with Crippen LogP contribution in [0.4, 0.5) is 0 Å². The molecule has 5 heteroatoms. The van der Waals surface area contributed by atoms with Crippen molar-refractivity contribution in [1.29, 1.82) is 0 Å². The zero-order chi connectivity index (χ0) is 14.8. The minimum atomic E-state index is -0.403. The lowest BCUT2D eigenvalue weighted by Crippen LogP contribution is -2.42. The maximum Gasteiger partial charge on any atom is 0.0900 e. The van der Waals surface area contributed by atoms with Gasteiger partial charge in [-0.1, -0.05) is 6.92 Å². The van der Waals surface area contributed by atoms with Crippen molar-refractivity contribution in [1.82, 2.24) is 10.2 Å². The third kappa shape index (κ3) is 7.55. The lowest BCUT2D eigenvalue weighted by molar-refractivity contribution is -0.0417. The molecule has 0 spiro atoms. The van der Waals surface area contributed by atoms with Crippen molar-refractivity contribution in [2.24, 2.45) is 5.92 Å². The van der Waals surface area contributed by atoms with Gasteiger partial charge in [0.05, 0.1) is 25.4 Å². The zero-order valence-electron chi connectivity index (χ0n) is 13.3. The van der Waals surface area contributed by atoms with Crippen molar-refractivity contribution in [3.63, 3.8) is 0 Å². The van der Waals surface area contributed by atoms with Crippen LogP contribution in [-0.2, 0) is 9.47 Å². The molecule has 0 bridgehead atoms. The molecule has 0 aliphatic carbocycles. The van der Waals surface area contributed by atoms with Crippen LogP contribution in [0.5, 0.6) is 0 Å². The van der Waals surface area contributed by atoms with Gasteiger partial charge in [0.25, 0.3) is 0 Å². The van der Waals surface area contributed by atoms with Gasteiger partial charge in [-0.2, -0.15) is 0 Å². The number of hydrogen-bond acceptors (Lipinski definition) is 5. The first-order valence-corrected chi connectivity index (χ1v) is 7.87. The topological polar surface area (TPSA) is 54.0 Å². The van der Waals surface area contributed by atoms with Crippen molar-refractivity contribution < 1.29 is 14.6 Å². The van der Waals surface area contributed by atoms with Gasteiger partial charge >= 0.3 is 0 Å². The second kappa shape index (κ2) is 10.5. The largest absolute Gasteiger partial charge is 0.389 e. The van der Waals surface area contributed by atoms with Crippen molar-refractivity contribution in [3.8, 4) is 0 Å². The highest BCUT2D eigenvalue weighted by atomic mass is 16.5. The molecule has 0 aromatic rings. The average molecular weight is 288 g/mol. The Bertz CT molecular complexity index is 233. The summed E-state index contributed by atoms with van der Waals surface area (Å²) >= 11 is 0. The first-order chi connectivity index (χ1) is 9.65. The Morgan fingerprint density at radius 2 is 2.00 bits per heavy atom. The fourth-order valence-electron chi connectivity index (χ4n) is 2.63. The summed E-state index contributed by atoms with van der Waals surface area (Å²) in [5.41, 5.74) is 0. The lowest BCUT2D eigenvalue weighted by Gasteiger charge is -2.33. The van der Waals surface area contributed by atoms with Gasteiger partial charge in [-0.05, 0) is 51.9 Å². The predicted octanol–water partition coefficient (Wildman–Crippen LogP) is 0.720. The van der Waals surface area contributed by atoms with Crippen LogP contribution in [0.3, 0.4) is 0 Å². The first-order valence-electron chi connectivity index (χ1n) is 7.87. The number of aliphatic hydroxyl groups is 1. The van der Waals surface area contributed by atoms with Crippen LogP contribution in [0.2, 0.25) is 0 Å². The molecule has 5 nitrogen and oxygen atoms in total. The number of nitrogens with one attached hydrogen (secondary N) is 1. The van der Waals surface area contributed by atoms with E-state index in [1.165, 1.54) is 12.8 Å². The second-order valence-electron chi connectivity index (χ2n) is 5.80. The first kappa shape index (κ1) is 17.9. The molecule has 1 rings (SSSR count). The summed E-state index contributed by atoms with van der Waals surface area (Å²) in [6.45, 7) is 10.1. The van der Waals surface area contributed by atoms with Crippen LogP contribution < -0.4 is 5.32 Å². The number of aliphatic hydroxyl groups excluding tert-OH is 1. The highest BCUT2D eigenvalue weighted by Gasteiger charge is 2.20. The SMILES string of the molecule is CCNCC1CCN(CC(O)COC(C)COC)CC1. The van der Waals surface area contributed by atoms with Gasteiger partial charge < -0.3 is 24.8 Å². The van der Waals surface area contributed by atoms with E-state index in [4.69, 9.17) is 9.47 Å². The Kier molecular flexibility index (Phi) is 9.39. The summed E-state index contributed by atoms with van der Waals surface area (Å²) < 4.78 is 10.6. The summed E-state index contributed by atoms with van der Waals surface area (Å²) in [6, 6.07) is 0. The van der Waals surface area contributed by atoms with E-state index < -0.39 is 6.10 Å². The molecule has 20 heavy (non-hydrogen) atoms. The molecule has 1 saturated heterocycles.